The molecule has 4 aliphatic rings. The normalized spacial score (nSPS) is 27.2. The molecule has 0 radical (unpaired) electrons. The van der Waals surface area contributed by atoms with Crippen LogP contribution in [-0.2, 0) is 24.6 Å². The Hall–Kier alpha value is -4.74. The van der Waals surface area contributed by atoms with Crippen LogP contribution in [0.5, 0.6) is 5.75 Å². The summed E-state index contributed by atoms with van der Waals surface area (Å²) in [4.78, 5) is 60.8. The van der Waals surface area contributed by atoms with Gasteiger partial charge in [0.15, 0.2) is 0 Å². The van der Waals surface area contributed by atoms with Crippen LogP contribution in [0.15, 0.2) is 109 Å². The molecule has 4 aromatic rings. The summed E-state index contributed by atoms with van der Waals surface area (Å²) < 4.78 is 0. The molecule has 6 atom stereocenters. The molecule has 9 nitrogen and oxygen atoms in total. The molecule has 4 aromatic carbocycles. The molecule has 3 N–H and O–H groups in total. The highest BCUT2D eigenvalue weighted by Crippen LogP contribution is 2.65. The average Bonchev–Trinajstić information content (AvgIpc) is 3.50. The minimum absolute atomic E-state index is 0.0730. The molecule has 8 rings (SSSR count). The van der Waals surface area contributed by atoms with Crippen molar-refractivity contribution in [2.45, 2.75) is 24.2 Å². The molecule has 2 heterocycles. The van der Waals surface area contributed by atoms with Crippen molar-refractivity contribution in [2.75, 3.05) is 9.80 Å². The van der Waals surface area contributed by atoms with Gasteiger partial charge >= 0.3 is 7.12 Å². The maximum Gasteiger partial charge on any atom is 0.488 e. The first kappa shape index (κ1) is 32.5. The van der Waals surface area contributed by atoms with Crippen LogP contribution >= 0.6 is 23.2 Å². The quantitative estimate of drug-likeness (QED) is 0.155. The minimum Gasteiger partial charge on any atom is -0.508 e. The average molecular weight is 707 g/mol. The lowest BCUT2D eigenvalue weighted by atomic mass is 9.49. The summed E-state index contributed by atoms with van der Waals surface area (Å²) in [7, 11) is -1.80. The number of carbonyl (C=O) groups is 4. The number of nitrogens with zero attached hydrogens (tertiary/aromatic N) is 2. The zero-order chi connectivity index (χ0) is 35.1. The van der Waals surface area contributed by atoms with Crippen molar-refractivity contribution in [3.63, 3.8) is 0 Å². The molecule has 250 valence electrons. The Balaban J connectivity index is 1.35. The van der Waals surface area contributed by atoms with E-state index in [2.05, 4.69) is 0 Å². The minimum atomic E-state index is -1.80. The van der Waals surface area contributed by atoms with Crippen molar-refractivity contribution < 1.29 is 34.3 Å². The Bertz CT molecular complexity index is 2140. The van der Waals surface area contributed by atoms with Crippen LogP contribution in [0.25, 0.3) is 0 Å². The number of hydrogen-bond acceptors (Lipinski definition) is 7. The third-order valence-electron chi connectivity index (χ3n) is 10.9. The fraction of sp³-hybridized carbons (Fsp3) is 0.211. The number of phenols is 1. The van der Waals surface area contributed by atoms with Gasteiger partial charge < -0.3 is 15.2 Å². The molecule has 2 aliphatic carbocycles. The molecule has 0 bridgehead atoms. The molecule has 12 heteroatoms. The molecule has 3 fully saturated rings. The Morgan fingerprint density at radius 2 is 1.42 bits per heavy atom. The molecule has 4 amide bonds. The number of hydrogen-bond donors (Lipinski definition) is 3. The van der Waals surface area contributed by atoms with Crippen LogP contribution in [0.3, 0.4) is 0 Å². The van der Waals surface area contributed by atoms with Gasteiger partial charge in [-0.25, -0.2) is 4.90 Å². The van der Waals surface area contributed by atoms with Crippen molar-refractivity contribution >= 4 is 70.8 Å². The zero-order valence-electron chi connectivity index (χ0n) is 26.3. The van der Waals surface area contributed by atoms with E-state index in [0.29, 0.717) is 32.4 Å². The third-order valence-corrected chi connectivity index (χ3v) is 11.4. The molecule has 0 aromatic heterocycles. The second kappa shape index (κ2) is 12.0. The van der Waals surface area contributed by atoms with Crippen LogP contribution in [-0.4, -0.2) is 45.9 Å². The van der Waals surface area contributed by atoms with Gasteiger partial charge in [0, 0.05) is 21.5 Å². The first-order chi connectivity index (χ1) is 24.0. The van der Waals surface area contributed by atoms with Crippen molar-refractivity contribution in [2.24, 2.45) is 23.7 Å². The van der Waals surface area contributed by atoms with Gasteiger partial charge in [-0.05, 0) is 78.3 Å². The molecular weight excluding hydrogens is 678 g/mol. The summed E-state index contributed by atoms with van der Waals surface area (Å²) in [5, 5.41) is 31.7. The van der Waals surface area contributed by atoms with E-state index in [0.717, 1.165) is 9.80 Å². The third kappa shape index (κ3) is 4.63. The van der Waals surface area contributed by atoms with Gasteiger partial charge in [-0.15, -0.1) is 0 Å². The Labute approximate surface area is 297 Å². The van der Waals surface area contributed by atoms with Crippen molar-refractivity contribution in [1.29, 1.82) is 0 Å². The topological polar surface area (TPSA) is 135 Å². The van der Waals surface area contributed by atoms with E-state index in [4.69, 9.17) is 23.2 Å². The van der Waals surface area contributed by atoms with Gasteiger partial charge in [-0.1, -0.05) is 83.4 Å². The SMILES string of the molecule is O=C1C2CC=C3C(CC4C(=O)N(c5cccc(Cl)c5)C(=O)C4(c4ccccc4)C3c3cc(Cl)ccc3O)C2C(=O)N1c1cccc(B(O)O)c1. The van der Waals surface area contributed by atoms with E-state index in [9.17, 15) is 29.5 Å². The van der Waals surface area contributed by atoms with Crippen molar-refractivity contribution in [3.8, 4) is 5.75 Å². The van der Waals surface area contributed by atoms with E-state index < -0.39 is 65.8 Å². The smallest absolute Gasteiger partial charge is 0.488 e. The molecule has 6 unspecified atom stereocenters. The maximum absolute atomic E-state index is 15.3. The lowest BCUT2D eigenvalue weighted by molar-refractivity contribution is -0.127. The number of carbonyl (C=O) groups excluding carboxylic acids is 4. The number of amides is 4. The molecule has 1 saturated carbocycles. The maximum atomic E-state index is 15.3. The highest BCUT2D eigenvalue weighted by molar-refractivity contribution is 6.58. The van der Waals surface area contributed by atoms with Crippen LogP contribution in [0.2, 0.25) is 10.0 Å². The predicted molar refractivity (Wildman–Crippen MR) is 188 cm³/mol. The number of benzene rings is 4. The van der Waals surface area contributed by atoms with Gasteiger partial charge in [0.05, 0.1) is 34.5 Å². The van der Waals surface area contributed by atoms with Crippen LogP contribution in [0, 0.1) is 23.7 Å². The fourth-order valence-corrected chi connectivity index (χ4v) is 9.29. The summed E-state index contributed by atoms with van der Waals surface area (Å²) in [5.74, 6) is -6.28. The molecule has 0 spiro atoms. The molecule has 50 heavy (non-hydrogen) atoms. The predicted octanol–water partition coefficient (Wildman–Crippen LogP) is 4.75. The molecular formula is C38H29BCl2N2O7. The van der Waals surface area contributed by atoms with E-state index >= 15 is 4.79 Å². The Morgan fingerprint density at radius 1 is 0.720 bits per heavy atom. The van der Waals surface area contributed by atoms with E-state index in [1.165, 1.54) is 30.3 Å². The van der Waals surface area contributed by atoms with Crippen LogP contribution in [0.1, 0.15) is 29.9 Å². The first-order valence-corrected chi connectivity index (χ1v) is 17.0. The monoisotopic (exact) mass is 706 g/mol. The number of fused-ring (bicyclic) bond motifs is 4. The van der Waals surface area contributed by atoms with E-state index in [1.54, 1.807) is 60.7 Å². The lowest BCUT2D eigenvalue weighted by Crippen LogP contribution is -2.53. The van der Waals surface area contributed by atoms with Gasteiger partial charge in [0.25, 0.3) is 0 Å². The highest BCUT2D eigenvalue weighted by atomic mass is 35.5. The summed E-state index contributed by atoms with van der Waals surface area (Å²) in [5.41, 5.74) is 0.621. The van der Waals surface area contributed by atoms with E-state index in [-0.39, 0.29) is 29.7 Å². The van der Waals surface area contributed by atoms with Crippen molar-refractivity contribution in [1.82, 2.24) is 0 Å². The van der Waals surface area contributed by atoms with Crippen LogP contribution in [0.4, 0.5) is 11.4 Å². The molecule has 2 saturated heterocycles. The fourth-order valence-electron chi connectivity index (χ4n) is 8.92. The standard InChI is InChI=1S/C38H29BCl2N2O7/c40-22-9-5-11-25(17-22)43-35(46)30-19-28-26(13-14-27-32(28)36(47)42(34(27)45)24-10-4-8-21(16-24)39(49)50)33(29-18-23(41)12-15-31(29)44)38(30,37(43)48)20-6-2-1-3-7-20/h1-13,15-18,27-28,30,32-33,44,49-50H,14,19H2. The first-order valence-electron chi connectivity index (χ1n) is 16.3. The summed E-state index contributed by atoms with van der Waals surface area (Å²) in [6, 6.07) is 26.0. The van der Waals surface area contributed by atoms with Crippen molar-refractivity contribution in [3.05, 3.63) is 130 Å². The number of rotatable bonds is 5. The number of anilines is 2. The second-order valence-corrected chi connectivity index (χ2v) is 14.2. The number of imide groups is 2. The van der Waals surface area contributed by atoms with Gasteiger partial charge in [-0.2, -0.15) is 0 Å². The number of allylic oxidation sites excluding steroid dienone is 2. The number of phenolic OH excluding ortho intramolecular Hbond substituents is 1. The number of halogens is 2. The summed E-state index contributed by atoms with van der Waals surface area (Å²) in [6.07, 6.45) is 2.14. The largest absolute Gasteiger partial charge is 0.508 e. The van der Waals surface area contributed by atoms with Crippen LogP contribution < -0.4 is 15.3 Å². The summed E-state index contributed by atoms with van der Waals surface area (Å²) >= 11 is 12.9. The molecule has 2 aliphatic heterocycles. The number of aromatic hydroxyl groups is 1. The van der Waals surface area contributed by atoms with Gasteiger partial charge in [-0.3, -0.25) is 24.1 Å². The highest BCUT2D eigenvalue weighted by Gasteiger charge is 2.70. The summed E-state index contributed by atoms with van der Waals surface area (Å²) in [6.45, 7) is 0. The van der Waals surface area contributed by atoms with Gasteiger partial charge in [0.1, 0.15) is 5.75 Å². The van der Waals surface area contributed by atoms with Gasteiger partial charge in [0.2, 0.25) is 23.6 Å². The van der Waals surface area contributed by atoms with E-state index in [1.807, 2.05) is 12.1 Å². The second-order valence-electron chi connectivity index (χ2n) is 13.3. The zero-order valence-corrected chi connectivity index (χ0v) is 27.8. The lowest BCUT2D eigenvalue weighted by Gasteiger charge is -2.50. The Morgan fingerprint density at radius 3 is 2.14 bits per heavy atom. The Kier molecular flexibility index (Phi) is 7.76.